The minimum absolute atomic E-state index is 0.630. The maximum Gasteiger partial charge on any atom is 0.120 e. The zero-order valence-electron chi connectivity index (χ0n) is 8.41. The fraction of sp³-hybridized carbons (Fsp3) is 0.462. The van der Waals surface area contributed by atoms with Gasteiger partial charge in [-0.25, -0.2) is 0 Å². The second kappa shape index (κ2) is 4.41. The van der Waals surface area contributed by atoms with Crippen LogP contribution in [0.2, 0.25) is 0 Å². The van der Waals surface area contributed by atoms with Gasteiger partial charge in [-0.1, -0.05) is 24.3 Å². The minimum atomic E-state index is 0.630. The summed E-state index contributed by atoms with van der Waals surface area (Å²) in [6.45, 7) is 0. The largest absolute Gasteiger partial charge is 0.303 e. The van der Waals surface area contributed by atoms with Gasteiger partial charge in [0, 0.05) is 6.42 Å². The van der Waals surface area contributed by atoms with E-state index in [2.05, 4.69) is 24.3 Å². The summed E-state index contributed by atoms with van der Waals surface area (Å²) in [4.78, 5) is 10.4. The van der Waals surface area contributed by atoms with Crippen molar-refractivity contribution in [2.45, 2.75) is 38.0 Å². The molecule has 1 heteroatoms. The van der Waals surface area contributed by atoms with E-state index in [1.807, 2.05) is 0 Å². The highest BCUT2D eigenvalue weighted by Gasteiger charge is 2.18. The highest BCUT2D eigenvalue weighted by atomic mass is 16.1. The zero-order chi connectivity index (χ0) is 9.80. The lowest BCUT2D eigenvalue weighted by molar-refractivity contribution is -0.108. The molecular weight excluding hydrogens is 172 g/mol. The van der Waals surface area contributed by atoms with Crippen molar-refractivity contribution >= 4 is 6.29 Å². The summed E-state index contributed by atoms with van der Waals surface area (Å²) in [5.41, 5.74) is 2.98. The smallest absolute Gasteiger partial charge is 0.120 e. The molecule has 0 fully saturated rings. The van der Waals surface area contributed by atoms with Crippen molar-refractivity contribution in [2.75, 3.05) is 0 Å². The first-order valence-corrected chi connectivity index (χ1v) is 5.43. The van der Waals surface area contributed by atoms with Gasteiger partial charge in [-0.05, 0) is 42.7 Å². The first-order chi connectivity index (χ1) is 6.92. The summed E-state index contributed by atoms with van der Waals surface area (Å²) in [6.07, 6.45) is 6.52. The SMILES string of the molecule is O=CCCC1CCCc2ccccc21. The van der Waals surface area contributed by atoms with Gasteiger partial charge in [-0.3, -0.25) is 0 Å². The molecule has 1 unspecified atom stereocenters. The third kappa shape index (κ3) is 1.87. The van der Waals surface area contributed by atoms with Crippen LogP contribution in [0.15, 0.2) is 24.3 Å². The fourth-order valence-electron chi connectivity index (χ4n) is 2.42. The van der Waals surface area contributed by atoms with Crippen molar-refractivity contribution in [2.24, 2.45) is 0 Å². The monoisotopic (exact) mass is 188 g/mol. The van der Waals surface area contributed by atoms with E-state index in [1.54, 1.807) is 0 Å². The highest BCUT2D eigenvalue weighted by molar-refractivity contribution is 5.49. The maximum atomic E-state index is 10.4. The molecule has 0 aromatic heterocycles. The zero-order valence-corrected chi connectivity index (χ0v) is 8.41. The first-order valence-electron chi connectivity index (χ1n) is 5.43. The van der Waals surface area contributed by atoms with E-state index in [9.17, 15) is 4.79 Å². The van der Waals surface area contributed by atoms with E-state index >= 15 is 0 Å². The molecule has 1 nitrogen and oxygen atoms in total. The van der Waals surface area contributed by atoms with Gasteiger partial charge < -0.3 is 4.79 Å². The molecule has 1 aromatic carbocycles. The Kier molecular flexibility index (Phi) is 2.97. The molecular formula is C13H16O. The van der Waals surface area contributed by atoms with Crippen LogP contribution in [-0.2, 0) is 11.2 Å². The number of hydrogen-bond donors (Lipinski definition) is 0. The molecule has 0 spiro atoms. The fourth-order valence-corrected chi connectivity index (χ4v) is 2.42. The molecule has 0 saturated heterocycles. The predicted molar refractivity (Wildman–Crippen MR) is 57.4 cm³/mol. The van der Waals surface area contributed by atoms with Gasteiger partial charge in [0.1, 0.15) is 6.29 Å². The van der Waals surface area contributed by atoms with Gasteiger partial charge in [-0.15, -0.1) is 0 Å². The lowest BCUT2D eigenvalue weighted by atomic mass is 9.81. The first kappa shape index (κ1) is 9.45. The van der Waals surface area contributed by atoms with Crippen LogP contribution in [0, 0.1) is 0 Å². The van der Waals surface area contributed by atoms with Crippen molar-refractivity contribution in [3.8, 4) is 0 Å². The van der Waals surface area contributed by atoms with Crippen LogP contribution in [0.3, 0.4) is 0 Å². The molecule has 14 heavy (non-hydrogen) atoms. The van der Waals surface area contributed by atoms with Crippen molar-refractivity contribution in [1.29, 1.82) is 0 Å². The number of aryl methyl sites for hydroxylation is 1. The van der Waals surface area contributed by atoms with E-state index in [4.69, 9.17) is 0 Å². The van der Waals surface area contributed by atoms with E-state index in [0.29, 0.717) is 12.3 Å². The van der Waals surface area contributed by atoms with Gasteiger partial charge in [-0.2, -0.15) is 0 Å². The Labute approximate surface area is 85.1 Å². The summed E-state index contributed by atoms with van der Waals surface area (Å²) in [6, 6.07) is 8.67. The van der Waals surface area contributed by atoms with Crippen molar-refractivity contribution in [3.05, 3.63) is 35.4 Å². The van der Waals surface area contributed by atoms with Crippen LogP contribution in [0.5, 0.6) is 0 Å². The van der Waals surface area contributed by atoms with Crippen LogP contribution in [0.1, 0.15) is 42.7 Å². The Morgan fingerprint density at radius 3 is 3.07 bits per heavy atom. The Morgan fingerprint density at radius 2 is 2.21 bits per heavy atom. The summed E-state index contributed by atoms with van der Waals surface area (Å²) in [5.74, 6) is 0.630. The lowest BCUT2D eigenvalue weighted by Crippen LogP contribution is -2.09. The highest BCUT2D eigenvalue weighted by Crippen LogP contribution is 2.34. The Hall–Kier alpha value is -1.11. The topological polar surface area (TPSA) is 17.1 Å². The summed E-state index contributed by atoms with van der Waals surface area (Å²) in [5, 5.41) is 0. The molecule has 1 aliphatic carbocycles. The number of benzene rings is 1. The minimum Gasteiger partial charge on any atom is -0.303 e. The number of fused-ring (bicyclic) bond motifs is 1. The second-order valence-corrected chi connectivity index (χ2v) is 4.03. The molecule has 0 radical (unpaired) electrons. The molecule has 74 valence electrons. The van der Waals surface area contributed by atoms with Gasteiger partial charge in [0.15, 0.2) is 0 Å². The van der Waals surface area contributed by atoms with Crippen LogP contribution >= 0.6 is 0 Å². The number of hydrogen-bond acceptors (Lipinski definition) is 1. The standard InChI is InChI=1S/C13H16O/c14-10-4-8-12-7-3-6-11-5-1-2-9-13(11)12/h1-2,5,9-10,12H,3-4,6-8H2. The molecule has 2 rings (SSSR count). The summed E-state index contributed by atoms with van der Waals surface area (Å²) < 4.78 is 0. The molecule has 0 amide bonds. The van der Waals surface area contributed by atoms with Gasteiger partial charge >= 0.3 is 0 Å². The summed E-state index contributed by atoms with van der Waals surface area (Å²) in [7, 11) is 0. The van der Waals surface area contributed by atoms with Gasteiger partial charge in [0.25, 0.3) is 0 Å². The molecule has 1 atom stereocenters. The molecule has 1 aliphatic rings. The third-order valence-electron chi connectivity index (χ3n) is 3.13. The number of rotatable bonds is 3. The van der Waals surface area contributed by atoms with Gasteiger partial charge in [0.05, 0.1) is 0 Å². The van der Waals surface area contributed by atoms with Crippen LogP contribution in [0.4, 0.5) is 0 Å². The quantitative estimate of drug-likeness (QED) is 0.666. The summed E-state index contributed by atoms with van der Waals surface area (Å²) >= 11 is 0. The van der Waals surface area contributed by atoms with Gasteiger partial charge in [0.2, 0.25) is 0 Å². The van der Waals surface area contributed by atoms with E-state index in [-0.39, 0.29) is 0 Å². The average molecular weight is 188 g/mol. The van der Waals surface area contributed by atoms with Crippen molar-refractivity contribution in [1.82, 2.24) is 0 Å². The Morgan fingerprint density at radius 1 is 1.36 bits per heavy atom. The molecule has 0 saturated carbocycles. The normalized spacial score (nSPS) is 20.1. The van der Waals surface area contributed by atoms with Crippen molar-refractivity contribution < 1.29 is 4.79 Å². The van der Waals surface area contributed by atoms with Crippen LogP contribution < -0.4 is 0 Å². The van der Waals surface area contributed by atoms with E-state index in [0.717, 1.165) is 12.7 Å². The number of aldehydes is 1. The molecule has 0 aliphatic heterocycles. The van der Waals surface area contributed by atoms with E-state index in [1.165, 1.54) is 30.4 Å². The van der Waals surface area contributed by atoms with Crippen LogP contribution in [-0.4, -0.2) is 6.29 Å². The Balaban J connectivity index is 2.17. The van der Waals surface area contributed by atoms with Crippen LogP contribution in [0.25, 0.3) is 0 Å². The lowest BCUT2D eigenvalue weighted by Gasteiger charge is -2.24. The molecule has 1 aromatic rings. The Bertz CT molecular complexity index is 317. The van der Waals surface area contributed by atoms with Crippen molar-refractivity contribution in [3.63, 3.8) is 0 Å². The number of carbonyl (C=O) groups is 1. The predicted octanol–water partition coefficient (Wildman–Crippen LogP) is 3.09. The third-order valence-corrected chi connectivity index (χ3v) is 3.13. The van der Waals surface area contributed by atoms with E-state index < -0.39 is 0 Å². The maximum absolute atomic E-state index is 10.4. The molecule has 0 bridgehead atoms. The average Bonchev–Trinajstić information content (AvgIpc) is 2.26. The molecule has 0 heterocycles. The number of carbonyl (C=O) groups excluding carboxylic acids is 1. The molecule has 0 N–H and O–H groups in total. The second-order valence-electron chi connectivity index (χ2n) is 4.03.